The van der Waals surface area contributed by atoms with Crippen LogP contribution in [-0.2, 0) is 10.0 Å². The molecule has 1 saturated carbocycles. The summed E-state index contributed by atoms with van der Waals surface area (Å²) in [5, 5.41) is 27.2. The molecule has 0 saturated heterocycles. The number of rotatable bonds is 5. The smallest absolute Gasteiger partial charge is 0.291 e. The second kappa shape index (κ2) is 8.25. The van der Waals surface area contributed by atoms with Gasteiger partial charge >= 0.3 is 0 Å². The van der Waals surface area contributed by atoms with Crippen LogP contribution in [0, 0.1) is 23.2 Å². The van der Waals surface area contributed by atoms with Crippen LogP contribution in [-0.4, -0.2) is 49.4 Å². The maximum Gasteiger partial charge on any atom is 0.291 e. The number of nitrogens with zero attached hydrogens (tertiary/aromatic N) is 6. The number of halogens is 2. The molecule has 10 nitrogen and oxygen atoms in total. The number of aromatic nitrogens is 5. The summed E-state index contributed by atoms with van der Waals surface area (Å²) in [6, 6.07) is 6.23. The minimum Gasteiger partial charge on any atom is -0.378 e. The summed E-state index contributed by atoms with van der Waals surface area (Å²) in [4.78, 5) is 8.38. The molecule has 1 fully saturated rings. The van der Waals surface area contributed by atoms with Crippen molar-refractivity contribution in [1.82, 2.24) is 29.5 Å². The van der Waals surface area contributed by atoms with Crippen LogP contribution in [0.3, 0.4) is 0 Å². The number of benzene rings is 1. The third-order valence-electron chi connectivity index (χ3n) is 5.42. The second-order valence-corrected chi connectivity index (χ2v) is 11.4. The molecule has 14 heteroatoms. The summed E-state index contributed by atoms with van der Waals surface area (Å²) >= 11 is 0.635. The minimum atomic E-state index is -4.08. The highest BCUT2D eigenvalue weighted by Gasteiger charge is 2.46. The molecule has 2 N–H and O–H groups in total. The number of fused-ring (bicyclic) bond motifs is 3. The Labute approximate surface area is 207 Å². The van der Waals surface area contributed by atoms with Crippen molar-refractivity contribution in [2.75, 3.05) is 0 Å². The fraction of sp³-hybridized carbons (Fsp3) is 0.318. The molecule has 1 aromatic carbocycles. The quantitative estimate of drug-likeness (QED) is 0.375. The fourth-order valence-electron chi connectivity index (χ4n) is 3.57. The van der Waals surface area contributed by atoms with Gasteiger partial charge in [0, 0.05) is 5.39 Å². The predicted octanol–water partition coefficient (Wildman–Crippen LogP) is 2.82. The zero-order chi connectivity index (χ0) is 25.9. The van der Waals surface area contributed by atoms with Gasteiger partial charge < -0.3 is 5.11 Å². The average molecular weight is 530 g/mol. The molecular weight excluding hydrogens is 512 g/mol. The summed E-state index contributed by atoms with van der Waals surface area (Å²) in [6.07, 6.45) is -0.797. The molecule has 3 heterocycles. The first kappa shape index (κ1) is 24.1. The first-order valence-corrected chi connectivity index (χ1v) is 12.8. The van der Waals surface area contributed by atoms with Crippen molar-refractivity contribution in [1.29, 1.82) is 5.26 Å². The van der Waals surface area contributed by atoms with E-state index in [1.807, 2.05) is 6.07 Å². The maximum absolute atomic E-state index is 13.3. The Morgan fingerprint density at radius 1 is 1.28 bits per heavy atom. The van der Waals surface area contributed by atoms with Crippen LogP contribution in [0.25, 0.3) is 27.1 Å². The first-order chi connectivity index (χ1) is 16.9. The topological polar surface area (TPSA) is 147 Å². The molecule has 0 radical (unpaired) electrons. The molecule has 3 aromatic heterocycles. The number of alkyl halides is 2. The summed E-state index contributed by atoms with van der Waals surface area (Å²) in [5.41, 5.74) is -1.65. The van der Waals surface area contributed by atoms with E-state index in [9.17, 15) is 27.6 Å². The second-order valence-electron chi connectivity index (χ2n) is 8.77. The highest BCUT2D eigenvalue weighted by atomic mass is 32.2. The standard InChI is InChI=1S/C22H17F2N7O3S2/c1-21(2,32)6-5-14-16-13-4-3-12(36(33,34)30-22(10-25)7-8-22)9-15(13)31(18(16)27-11-26-14)20-29-28-19(35-20)17(23)24/h3-4,9,11,17,30,32H,7-8H2,1-2H3. The van der Waals surface area contributed by atoms with Gasteiger partial charge in [0.05, 0.1) is 21.9 Å². The normalized spacial score (nSPS) is 15.1. The molecular formula is C22H17F2N7O3S2. The van der Waals surface area contributed by atoms with Gasteiger partial charge in [-0.05, 0) is 44.7 Å². The molecule has 0 spiro atoms. The Morgan fingerprint density at radius 2 is 2.03 bits per heavy atom. The number of aliphatic hydroxyl groups is 1. The lowest BCUT2D eigenvalue weighted by atomic mass is 10.1. The number of nitriles is 1. The Balaban J connectivity index is 1.79. The summed E-state index contributed by atoms with van der Waals surface area (Å²) < 4.78 is 56.5. The average Bonchev–Trinajstić information content (AvgIpc) is 3.25. The lowest BCUT2D eigenvalue weighted by Gasteiger charge is -2.10. The summed E-state index contributed by atoms with van der Waals surface area (Å²) in [5.74, 6) is 5.50. The zero-order valence-electron chi connectivity index (χ0n) is 18.8. The highest BCUT2D eigenvalue weighted by Crippen LogP contribution is 2.38. The van der Waals surface area contributed by atoms with Gasteiger partial charge in [0.15, 0.2) is 10.7 Å². The third-order valence-corrected chi connectivity index (χ3v) is 7.87. The van der Waals surface area contributed by atoms with E-state index in [2.05, 4.69) is 36.7 Å². The van der Waals surface area contributed by atoms with Crippen LogP contribution in [0.5, 0.6) is 0 Å². The van der Waals surface area contributed by atoms with E-state index >= 15 is 0 Å². The first-order valence-electron chi connectivity index (χ1n) is 10.5. The summed E-state index contributed by atoms with van der Waals surface area (Å²) in [7, 11) is -4.08. The number of nitrogens with one attached hydrogen (secondary N) is 1. The van der Waals surface area contributed by atoms with Gasteiger partial charge in [-0.3, -0.25) is 4.57 Å². The van der Waals surface area contributed by atoms with E-state index in [4.69, 9.17) is 0 Å². The largest absolute Gasteiger partial charge is 0.378 e. The molecule has 0 atom stereocenters. The third kappa shape index (κ3) is 4.29. The molecule has 1 aliphatic rings. The molecule has 1 aliphatic carbocycles. The van der Waals surface area contributed by atoms with Gasteiger partial charge in [-0.2, -0.15) is 9.98 Å². The fourth-order valence-corrected chi connectivity index (χ4v) is 5.68. The van der Waals surface area contributed by atoms with E-state index in [0.717, 1.165) is 0 Å². The van der Waals surface area contributed by atoms with Crippen molar-refractivity contribution in [2.45, 2.75) is 49.2 Å². The van der Waals surface area contributed by atoms with Crippen LogP contribution in [0.4, 0.5) is 8.78 Å². The molecule has 36 heavy (non-hydrogen) atoms. The minimum absolute atomic E-state index is 0.0450. The van der Waals surface area contributed by atoms with Gasteiger partial charge in [0.2, 0.25) is 15.2 Å². The van der Waals surface area contributed by atoms with Gasteiger partial charge in [-0.1, -0.05) is 23.3 Å². The van der Waals surface area contributed by atoms with Gasteiger partial charge in [-0.15, -0.1) is 10.2 Å². The lowest BCUT2D eigenvalue weighted by Crippen LogP contribution is -2.35. The van der Waals surface area contributed by atoms with E-state index in [1.54, 1.807) is 0 Å². The van der Waals surface area contributed by atoms with E-state index < -0.39 is 32.6 Å². The highest BCUT2D eigenvalue weighted by molar-refractivity contribution is 7.89. The van der Waals surface area contributed by atoms with Crippen molar-refractivity contribution in [3.05, 3.63) is 35.2 Å². The number of sulfonamides is 1. The summed E-state index contributed by atoms with van der Waals surface area (Å²) in [6.45, 7) is 3.01. The van der Waals surface area contributed by atoms with Crippen molar-refractivity contribution < 1.29 is 22.3 Å². The Hall–Kier alpha value is -3.56. The molecule has 184 valence electrons. The SMILES string of the molecule is CC(C)(O)C#Cc1ncnc2c1c1ccc(S(=O)(=O)NC3(C#N)CC3)cc1n2-c1nnc(C(F)F)s1. The molecule has 4 aromatic rings. The Morgan fingerprint density at radius 3 is 2.64 bits per heavy atom. The lowest BCUT2D eigenvalue weighted by molar-refractivity contribution is 0.143. The van der Waals surface area contributed by atoms with Crippen LogP contribution >= 0.6 is 11.3 Å². The van der Waals surface area contributed by atoms with Crippen LogP contribution in [0.2, 0.25) is 0 Å². The van der Waals surface area contributed by atoms with Gasteiger partial charge in [0.1, 0.15) is 23.2 Å². The predicted molar refractivity (Wildman–Crippen MR) is 126 cm³/mol. The monoisotopic (exact) mass is 529 g/mol. The molecule has 0 bridgehead atoms. The molecule has 0 aliphatic heterocycles. The Kier molecular flexibility index (Phi) is 5.53. The Bertz CT molecular complexity index is 1730. The van der Waals surface area contributed by atoms with E-state index in [0.29, 0.717) is 40.5 Å². The van der Waals surface area contributed by atoms with Gasteiger partial charge in [-0.25, -0.2) is 27.2 Å². The molecule has 0 amide bonds. The number of hydrogen-bond acceptors (Lipinski definition) is 9. The van der Waals surface area contributed by atoms with Crippen LogP contribution in [0.15, 0.2) is 29.4 Å². The molecule has 0 unspecified atom stereocenters. The van der Waals surface area contributed by atoms with Crippen molar-refractivity contribution in [3.63, 3.8) is 0 Å². The van der Waals surface area contributed by atoms with Crippen LogP contribution in [0.1, 0.15) is 43.8 Å². The van der Waals surface area contributed by atoms with Crippen molar-refractivity contribution in [3.8, 4) is 23.0 Å². The van der Waals surface area contributed by atoms with E-state index in [1.165, 1.54) is 42.9 Å². The van der Waals surface area contributed by atoms with Crippen LogP contribution < -0.4 is 4.72 Å². The molecule has 5 rings (SSSR count). The van der Waals surface area contributed by atoms with E-state index in [-0.39, 0.29) is 21.4 Å². The van der Waals surface area contributed by atoms with Gasteiger partial charge in [0.25, 0.3) is 6.43 Å². The number of hydrogen-bond donors (Lipinski definition) is 2. The zero-order valence-corrected chi connectivity index (χ0v) is 20.5. The van der Waals surface area contributed by atoms with Crippen molar-refractivity contribution >= 4 is 43.3 Å². The maximum atomic E-state index is 13.3. The van der Waals surface area contributed by atoms with Crippen molar-refractivity contribution in [2.24, 2.45) is 0 Å².